The van der Waals surface area contributed by atoms with E-state index in [0.29, 0.717) is 18.9 Å². The molecule has 0 saturated carbocycles. The number of fused-ring (bicyclic) bond motifs is 1. The topological polar surface area (TPSA) is 65.7 Å². The molecule has 6 nitrogen and oxygen atoms in total. The SMILES string of the molecule is CC(C)(C)OC(=O)N1CCC[C@@H](Nc2c3ccccc3cc[n+]2O)C1. The second-order valence-electron chi connectivity index (χ2n) is 7.51. The lowest BCUT2D eigenvalue weighted by molar-refractivity contribution is -0.893. The smallest absolute Gasteiger partial charge is 0.410 e. The third kappa shape index (κ3) is 4.13. The van der Waals surface area contributed by atoms with Crippen LogP contribution >= 0.6 is 0 Å². The minimum atomic E-state index is -0.499. The van der Waals surface area contributed by atoms with Gasteiger partial charge in [-0.15, -0.1) is 0 Å². The number of hydrogen-bond acceptors (Lipinski definition) is 4. The molecule has 2 N–H and O–H groups in total. The van der Waals surface area contributed by atoms with Crippen LogP contribution in [-0.2, 0) is 4.74 Å². The van der Waals surface area contributed by atoms with Crippen LogP contribution in [0.3, 0.4) is 0 Å². The molecule has 1 aromatic carbocycles. The van der Waals surface area contributed by atoms with E-state index in [-0.39, 0.29) is 12.1 Å². The molecule has 1 aliphatic rings. The van der Waals surface area contributed by atoms with Crippen molar-refractivity contribution in [3.63, 3.8) is 0 Å². The first-order chi connectivity index (χ1) is 11.8. The van der Waals surface area contributed by atoms with Crippen molar-refractivity contribution in [2.45, 2.75) is 45.3 Å². The summed E-state index contributed by atoms with van der Waals surface area (Å²) in [4.78, 5) is 14.0. The number of nitrogens with zero attached hydrogens (tertiary/aromatic N) is 2. The van der Waals surface area contributed by atoms with Crippen LogP contribution in [0.15, 0.2) is 36.5 Å². The van der Waals surface area contributed by atoms with Crippen LogP contribution in [0.25, 0.3) is 10.8 Å². The van der Waals surface area contributed by atoms with Crippen molar-refractivity contribution >= 4 is 22.7 Å². The number of carbonyl (C=O) groups excluding carboxylic acids is 1. The first-order valence-electron chi connectivity index (χ1n) is 8.70. The third-order valence-corrected chi connectivity index (χ3v) is 4.25. The van der Waals surface area contributed by atoms with Gasteiger partial charge >= 0.3 is 11.9 Å². The molecule has 1 atom stereocenters. The van der Waals surface area contributed by atoms with Crippen molar-refractivity contribution in [2.24, 2.45) is 0 Å². The molecule has 0 radical (unpaired) electrons. The van der Waals surface area contributed by atoms with Crippen LogP contribution in [0.2, 0.25) is 0 Å². The zero-order valence-electron chi connectivity index (χ0n) is 15.0. The van der Waals surface area contributed by atoms with E-state index in [2.05, 4.69) is 5.32 Å². The monoisotopic (exact) mass is 344 g/mol. The minimum absolute atomic E-state index is 0.0606. The van der Waals surface area contributed by atoms with Crippen molar-refractivity contribution in [1.82, 2.24) is 4.90 Å². The van der Waals surface area contributed by atoms with E-state index in [0.717, 1.165) is 28.3 Å². The van der Waals surface area contributed by atoms with E-state index in [4.69, 9.17) is 4.74 Å². The summed E-state index contributed by atoms with van der Waals surface area (Å²) in [6.07, 6.45) is 3.17. The molecule has 2 aromatic rings. The zero-order valence-corrected chi connectivity index (χ0v) is 15.0. The molecule has 0 bridgehead atoms. The van der Waals surface area contributed by atoms with E-state index in [1.807, 2.05) is 51.1 Å². The number of benzene rings is 1. The Morgan fingerprint density at radius 3 is 2.84 bits per heavy atom. The number of anilines is 1. The average molecular weight is 344 g/mol. The number of ether oxygens (including phenoxy) is 1. The van der Waals surface area contributed by atoms with Gasteiger partial charge in [0.05, 0.1) is 11.9 Å². The highest BCUT2D eigenvalue weighted by molar-refractivity contribution is 5.90. The molecule has 1 fully saturated rings. The van der Waals surface area contributed by atoms with Crippen molar-refractivity contribution in [3.8, 4) is 0 Å². The highest BCUT2D eigenvalue weighted by atomic mass is 16.6. The van der Waals surface area contributed by atoms with Gasteiger partial charge < -0.3 is 14.8 Å². The summed E-state index contributed by atoms with van der Waals surface area (Å²) < 4.78 is 6.58. The Morgan fingerprint density at radius 2 is 2.08 bits per heavy atom. The van der Waals surface area contributed by atoms with Gasteiger partial charge in [0.1, 0.15) is 17.8 Å². The molecular weight excluding hydrogens is 318 g/mol. The van der Waals surface area contributed by atoms with E-state index in [1.54, 1.807) is 11.1 Å². The fourth-order valence-electron chi connectivity index (χ4n) is 3.13. The Bertz CT molecular complexity index is 770. The maximum absolute atomic E-state index is 12.3. The molecule has 0 spiro atoms. The highest BCUT2D eigenvalue weighted by Gasteiger charge is 2.30. The molecule has 134 valence electrons. The number of pyridine rings is 1. The van der Waals surface area contributed by atoms with Crippen molar-refractivity contribution in [1.29, 1.82) is 0 Å². The summed E-state index contributed by atoms with van der Waals surface area (Å²) in [7, 11) is 0. The van der Waals surface area contributed by atoms with Gasteiger partial charge in [-0.1, -0.05) is 22.9 Å². The lowest BCUT2D eigenvalue weighted by Crippen LogP contribution is -2.48. The molecule has 2 heterocycles. The van der Waals surface area contributed by atoms with Gasteiger partial charge in [-0.25, -0.2) is 4.79 Å². The van der Waals surface area contributed by atoms with Gasteiger partial charge in [0.2, 0.25) is 0 Å². The number of aromatic nitrogens is 1. The summed E-state index contributed by atoms with van der Waals surface area (Å²) in [5.41, 5.74) is -0.499. The average Bonchev–Trinajstić information content (AvgIpc) is 2.56. The number of rotatable bonds is 2. The standard InChI is InChI=1S/C19H25N3O3/c1-19(2,3)25-18(23)21-11-6-8-15(13-21)20-17-16-9-5-4-7-14(16)10-12-22(17)24/h4-5,7,9-10,12,15,24H,6,8,11,13H2,1-3H3/p+1/t15-/m1/s1. The van der Waals surface area contributed by atoms with Crippen LogP contribution in [0.4, 0.5) is 10.6 Å². The van der Waals surface area contributed by atoms with Gasteiger partial charge in [-0.2, -0.15) is 0 Å². The van der Waals surface area contributed by atoms with Crippen LogP contribution in [-0.4, -0.2) is 40.9 Å². The van der Waals surface area contributed by atoms with Gasteiger partial charge in [0.15, 0.2) is 0 Å². The summed E-state index contributed by atoms with van der Waals surface area (Å²) in [5.74, 6) is 0.647. The Morgan fingerprint density at radius 1 is 1.32 bits per heavy atom. The number of amides is 1. The molecule has 0 aliphatic carbocycles. The second-order valence-corrected chi connectivity index (χ2v) is 7.51. The molecule has 1 aromatic heterocycles. The van der Waals surface area contributed by atoms with E-state index < -0.39 is 5.60 Å². The highest BCUT2D eigenvalue weighted by Crippen LogP contribution is 2.22. The zero-order chi connectivity index (χ0) is 18.0. The fourth-order valence-corrected chi connectivity index (χ4v) is 3.13. The normalized spacial score (nSPS) is 18.2. The predicted molar refractivity (Wildman–Crippen MR) is 95.8 cm³/mol. The van der Waals surface area contributed by atoms with Gasteiger partial charge in [-0.05, 0) is 51.1 Å². The minimum Gasteiger partial charge on any atom is -0.444 e. The number of hydrogen-bond donors (Lipinski definition) is 2. The maximum atomic E-state index is 12.3. The molecule has 1 saturated heterocycles. The van der Waals surface area contributed by atoms with Crippen LogP contribution in [0.5, 0.6) is 0 Å². The van der Waals surface area contributed by atoms with Crippen molar-refractivity contribution in [2.75, 3.05) is 18.4 Å². The lowest BCUT2D eigenvalue weighted by atomic mass is 10.1. The summed E-state index contributed by atoms with van der Waals surface area (Å²) >= 11 is 0. The summed E-state index contributed by atoms with van der Waals surface area (Å²) in [6.45, 7) is 6.86. The number of piperidine rings is 1. The number of nitrogens with one attached hydrogen (secondary N) is 1. The lowest BCUT2D eigenvalue weighted by Gasteiger charge is -2.32. The van der Waals surface area contributed by atoms with E-state index in [9.17, 15) is 10.0 Å². The first-order valence-corrected chi connectivity index (χ1v) is 8.70. The molecular formula is C19H26N3O3+. The Hall–Kier alpha value is -2.50. The molecule has 1 aliphatic heterocycles. The maximum Gasteiger partial charge on any atom is 0.410 e. The van der Waals surface area contributed by atoms with Gasteiger partial charge in [0, 0.05) is 6.54 Å². The van der Waals surface area contributed by atoms with Gasteiger partial charge in [0.25, 0.3) is 0 Å². The molecule has 0 unspecified atom stereocenters. The van der Waals surface area contributed by atoms with Gasteiger partial charge in [-0.3, -0.25) is 5.32 Å². The van der Waals surface area contributed by atoms with E-state index in [1.165, 1.54) is 0 Å². The molecule has 25 heavy (non-hydrogen) atoms. The number of carbonyl (C=O) groups is 1. The van der Waals surface area contributed by atoms with Crippen molar-refractivity contribution < 1.29 is 19.5 Å². The third-order valence-electron chi connectivity index (χ3n) is 4.25. The van der Waals surface area contributed by atoms with Crippen LogP contribution in [0.1, 0.15) is 33.6 Å². The Balaban J connectivity index is 1.75. The first kappa shape index (κ1) is 17.3. The molecule has 6 heteroatoms. The Kier molecular flexibility index (Phi) is 4.70. The summed E-state index contributed by atoms with van der Waals surface area (Å²) in [6, 6.07) is 9.83. The molecule has 3 rings (SSSR count). The summed E-state index contributed by atoms with van der Waals surface area (Å²) in [5, 5.41) is 15.6. The second kappa shape index (κ2) is 6.78. The quantitative estimate of drug-likeness (QED) is 0.649. The fraction of sp³-hybridized carbons (Fsp3) is 0.474. The number of likely N-dealkylation sites (tertiary alicyclic amines) is 1. The van der Waals surface area contributed by atoms with Crippen LogP contribution < -0.4 is 10.0 Å². The van der Waals surface area contributed by atoms with E-state index >= 15 is 0 Å². The Labute approximate surface area is 148 Å². The van der Waals surface area contributed by atoms with Crippen molar-refractivity contribution in [3.05, 3.63) is 36.5 Å². The predicted octanol–water partition coefficient (Wildman–Crippen LogP) is 3.18. The van der Waals surface area contributed by atoms with Crippen LogP contribution in [0, 0.1) is 0 Å². The molecule has 1 amide bonds. The largest absolute Gasteiger partial charge is 0.444 e.